The maximum absolute atomic E-state index is 12.0. The molecule has 0 saturated heterocycles. The zero-order chi connectivity index (χ0) is 16.2. The Hall–Kier alpha value is -1.77. The lowest BCUT2D eigenvalue weighted by molar-refractivity contribution is 0.0695. The zero-order valence-corrected chi connectivity index (χ0v) is 13.6. The van der Waals surface area contributed by atoms with Gasteiger partial charge < -0.3 is 5.11 Å². The van der Waals surface area contributed by atoms with Crippen LogP contribution in [0.15, 0.2) is 29.8 Å². The molecular weight excluding hydrogens is 324 g/mol. The molecule has 0 radical (unpaired) electrons. The third-order valence-corrected chi connectivity index (χ3v) is 5.49. The van der Waals surface area contributed by atoms with E-state index in [-0.39, 0.29) is 17.9 Å². The molecule has 1 aromatic heterocycles. The van der Waals surface area contributed by atoms with Gasteiger partial charge in [0.05, 0.1) is 22.5 Å². The lowest BCUT2D eigenvalue weighted by Crippen LogP contribution is -2.27. The minimum Gasteiger partial charge on any atom is -0.478 e. The molecule has 0 aliphatic carbocycles. The molecule has 1 heterocycles. The number of carboxylic acids is 1. The molecule has 2 rings (SSSR count). The predicted octanol–water partition coefficient (Wildman–Crippen LogP) is 1.81. The number of sulfonamides is 1. The van der Waals surface area contributed by atoms with Crippen molar-refractivity contribution in [3.05, 3.63) is 51.5 Å². The van der Waals surface area contributed by atoms with Crippen molar-refractivity contribution in [3.8, 4) is 0 Å². The van der Waals surface area contributed by atoms with Crippen molar-refractivity contribution in [2.24, 2.45) is 0 Å². The lowest BCUT2D eigenvalue weighted by Gasteiger charge is -2.08. The first-order valence-electron chi connectivity index (χ1n) is 6.56. The van der Waals surface area contributed by atoms with Gasteiger partial charge in [0.15, 0.2) is 0 Å². The number of aryl methyl sites for hydroxylation is 2. The van der Waals surface area contributed by atoms with Crippen LogP contribution in [0.1, 0.15) is 26.5 Å². The predicted molar refractivity (Wildman–Crippen MR) is 84.6 cm³/mol. The van der Waals surface area contributed by atoms with E-state index in [0.717, 1.165) is 10.6 Å². The van der Waals surface area contributed by atoms with Crippen LogP contribution in [-0.2, 0) is 23.0 Å². The molecule has 8 heteroatoms. The third-order valence-electron chi connectivity index (χ3n) is 3.17. The Morgan fingerprint density at radius 2 is 2.09 bits per heavy atom. The molecule has 0 atom stereocenters. The molecule has 0 aliphatic rings. The van der Waals surface area contributed by atoms with E-state index in [9.17, 15) is 13.2 Å². The van der Waals surface area contributed by atoms with Gasteiger partial charge in [-0.3, -0.25) is 0 Å². The van der Waals surface area contributed by atoms with Crippen LogP contribution in [0.5, 0.6) is 0 Å². The van der Waals surface area contributed by atoms with Crippen molar-refractivity contribution in [3.63, 3.8) is 0 Å². The van der Waals surface area contributed by atoms with Gasteiger partial charge in [-0.15, -0.1) is 11.3 Å². The Balaban J connectivity index is 1.98. The summed E-state index contributed by atoms with van der Waals surface area (Å²) in [5.41, 5.74) is 3.07. The maximum Gasteiger partial charge on any atom is 0.336 e. The van der Waals surface area contributed by atoms with Crippen LogP contribution in [-0.4, -0.2) is 30.2 Å². The van der Waals surface area contributed by atoms with Gasteiger partial charge in [-0.05, 0) is 25.0 Å². The van der Waals surface area contributed by atoms with Gasteiger partial charge in [0, 0.05) is 11.4 Å². The van der Waals surface area contributed by atoms with Crippen molar-refractivity contribution in [2.45, 2.75) is 19.9 Å². The topological polar surface area (TPSA) is 96.4 Å². The summed E-state index contributed by atoms with van der Waals surface area (Å²) >= 11 is 1.43. The third kappa shape index (κ3) is 4.36. The summed E-state index contributed by atoms with van der Waals surface area (Å²) in [6.45, 7) is 1.81. The Kier molecular flexibility index (Phi) is 5.28. The van der Waals surface area contributed by atoms with Gasteiger partial charge >= 0.3 is 5.97 Å². The van der Waals surface area contributed by atoms with Gasteiger partial charge in [0.1, 0.15) is 0 Å². The number of carbonyl (C=O) groups is 1. The molecule has 0 amide bonds. The van der Waals surface area contributed by atoms with Crippen LogP contribution in [0.2, 0.25) is 0 Å². The largest absolute Gasteiger partial charge is 0.478 e. The molecule has 0 fully saturated rings. The second-order valence-electron chi connectivity index (χ2n) is 4.71. The van der Waals surface area contributed by atoms with Gasteiger partial charge in [-0.25, -0.2) is 22.9 Å². The van der Waals surface area contributed by atoms with Crippen molar-refractivity contribution < 1.29 is 18.3 Å². The number of nitrogens with one attached hydrogen (secondary N) is 1. The number of hydrogen-bond donors (Lipinski definition) is 2. The summed E-state index contributed by atoms with van der Waals surface area (Å²) in [5.74, 6) is -1.12. The number of aromatic carboxylic acids is 1. The molecule has 0 unspecified atom stereocenters. The maximum atomic E-state index is 12.0. The summed E-state index contributed by atoms with van der Waals surface area (Å²) in [5, 5.41) is 9.07. The van der Waals surface area contributed by atoms with E-state index >= 15 is 0 Å². The number of aromatic nitrogens is 1. The Morgan fingerprint density at radius 1 is 1.36 bits per heavy atom. The lowest BCUT2D eigenvalue weighted by atomic mass is 10.1. The van der Waals surface area contributed by atoms with Crippen molar-refractivity contribution in [1.29, 1.82) is 0 Å². The molecule has 0 saturated carbocycles. The van der Waals surface area contributed by atoms with Gasteiger partial charge in [0.25, 0.3) is 0 Å². The molecule has 118 valence electrons. The highest BCUT2D eigenvalue weighted by atomic mass is 32.2. The minimum atomic E-state index is -3.48. The van der Waals surface area contributed by atoms with Crippen molar-refractivity contribution in [1.82, 2.24) is 9.71 Å². The number of nitrogens with zero attached hydrogens (tertiary/aromatic N) is 1. The van der Waals surface area contributed by atoms with Crippen molar-refractivity contribution in [2.75, 3.05) is 5.75 Å². The Morgan fingerprint density at radius 3 is 2.73 bits per heavy atom. The number of carboxylic acid groups (broad SMARTS) is 1. The monoisotopic (exact) mass is 340 g/mol. The fraction of sp³-hybridized carbons (Fsp3) is 0.286. The zero-order valence-electron chi connectivity index (χ0n) is 11.9. The molecule has 2 aromatic rings. The highest BCUT2D eigenvalue weighted by Gasteiger charge is 2.15. The quantitative estimate of drug-likeness (QED) is 0.801. The fourth-order valence-electron chi connectivity index (χ4n) is 1.94. The first kappa shape index (κ1) is 16.6. The molecular formula is C14H16N2O4S2. The summed E-state index contributed by atoms with van der Waals surface area (Å²) in [7, 11) is -3.48. The summed E-state index contributed by atoms with van der Waals surface area (Å²) in [6.07, 6.45) is 0.395. The van der Waals surface area contributed by atoms with Gasteiger partial charge in [-0.1, -0.05) is 18.2 Å². The fourth-order valence-corrected chi connectivity index (χ4v) is 3.84. The van der Waals surface area contributed by atoms with E-state index in [0.29, 0.717) is 12.0 Å². The van der Waals surface area contributed by atoms with E-state index in [4.69, 9.17) is 5.11 Å². The Labute approximate surface area is 132 Å². The average molecular weight is 340 g/mol. The standard InChI is InChI=1S/C14H16N2O4S2/c1-10-13(21-9-15-10)6-7-22(19,20)16-8-11-4-2-3-5-12(11)14(17)18/h2-5,9,16H,6-8H2,1H3,(H,17,18). The van der Waals surface area contributed by atoms with Crippen LogP contribution in [0.3, 0.4) is 0 Å². The molecule has 0 bridgehead atoms. The molecule has 22 heavy (non-hydrogen) atoms. The van der Waals surface area contributed by atoms with Crippen LogP contribution in [0, 0.1) is 6.92 Å². The SMILES string of the molecule is Cc1ncsc1CCS(=O)(=O)NCc1ccccc1C(=O)O. The second kappa shape index (κ2) is 6.99. The summed E-state index contributed by atoms with van der Waals surface area (Å²) < 4.78 is 26.5. The smallest absolute Gasteiger partial charge is 0.336 e. The van der Waals surface area contributed by atoms with Gasteiger partial charge in [0.2, 0.25) is 10.0 Å². The van der Waals surface area contributed by atoms with E-state index in [1.165, 1.54) is 17.4 Å². The Bertz CT molecular complexity index is 769. The van der Waals surface area contributed by atoms with Crippen LogP contribution >= 0.6 is 11.3 Å². The molecule has 2 N–H and O–H groups in total. The van der Waals surface area contributed by atoms with Crippen LogP contribution in [0.25, 0.3) is 0 Å². The van der Waals surface area contributed by atoms with E-state index in [1.54, 1.807) is 23.7 Å². The number of hydrogen-bond acceptors (Lipinski definition) is 5. The molecule has 0 aliphatic heterocycles. The number of benzene rings is 1. The second-order valence-corrected chi connectivity index (χ2v) is 7.58. The van der Waals surface area contributed by atoms with Gasteiger partial charge in [-0.2, -0.15) is 0 Å². The molecule has 6 nitrogen and oxygen atoms in total. The molecule has 0 spiro atoms. The average Bonchev–Trinajstić information content (AvgIpc) is 2.89. The highest BCUT2D eigenvalue weighted by Crippen LogP contribution is 2.14. The number of rotatable bonds is 7. The van der Waals surface area contributed by atoms with Crippen LogP contribution in [0.4, 0.5) is 0 Å². The first-order valence-corrected chi connectivity index (χ1v) is 9.10. The van der Waals surface area contributed by atoms with E-state index in [2.05, 4.69) is 9.71 Å². The summed E-state index contributed by atoms with van der Waals surface area (Å²) in [4.78, 5) is 16.1. The molecule has 1 aromatic carbocycles. The number of thiazole rings is 1. The highest BCUT2D eigenvalue weighted by molar-refractivity contribution is 7.89. The van der Waals surface area contributed by atoms with E-state index < -0.39 is 16.0 Å². The summed E-state index contributed by atoms with van der Waals surface area (Å²) in [6, 6.07) is 6.33. The first-order chi connectivity index (χ1) is 10.4. The van der Waals surface area contributed by atoms with Crippen LogP contribution < -0.4 is 4.72 Å². The van der Waals surface area contributed by atoms with E-state index in [1.807, 2.05) is 6.92 Å². The van der Waals surface area contributed by atoms with Crippen molar-refractivity contribution >= 4 is 27.3 Å². The minimum absolute atomic E-state index is 0.0352. The normalized spacial score (nSPS) is 11.5.